The first kappa shape index (κ1) is 15.8. The molecule has 3 N–H and O–H groups in total. The van der Waals surface area contributed by atoms with Crippen molar-refractivity contribution in [3.05, 3.63) is 54.4 Å². The van der Waals surface area contributed by atoms with Crippen LogP contribution in [0, 0.1) is 6.92 Å². The Bertz CT molecular complexity index is 818. The monoisotopic (exact) mass is 324 g/mol. The summed E-state index contributed by atoms with van der Waals surface area (Å²) in [5.41, 5.74) is 2.70. The Labute approximate surface area is 140 Å². The second-order valence-corrected chi connectivity index (χ2v) is 5.43. The number of carbonyl (C=O) groups excluding carboxylic acids is 1. The topological polar surface area (TPSA) is 87.6 Å². The van der Waals surface area contributed by atoms with Gasteiger partial charge >= 0.3 is 6.03 Å². The molecule has 0 aliphatic carbocycles. The van der Waals surface area contributed by atoms with Crippen molar-refractivity contribution in [1.29, 1.82) is 0 Å². The Kier molecular flexibility index (Phi) is 4.60. The van der Waals surface area contributed by atoms with Gasteiger partial charge in [-0.3, -0.25) is 0 Å². The van der Waals surface area contributed by atoms with E-state index in [1.54, 1.807) is 12.4 Å². The molecule has 0 radical (unpaired) electrons. The highest BCUT2D eigenvalue weighted by molar-refractivity contribution is 5.89. The summed E-state index contributed by atoms with van der Waals surface area (Å²) in [6.45, 7) is 5.21. The number of amides is 2. The maximum absolute atomic E-state index is 12.0. The van der Waals surface area contributed by atoms with E-state index in [0.29, 0.717) is 6.54 Å². The van der Waals surface area contributed by atoms with Gasteiger partial charge in [-0.15, -0.1) is 0 Å². The van der Waals surface area contributed by atoms with Crippen LogP contribution in [0.3, 0.4) is 0 Å². The van der Waals surface area contributed by atoms with Gasteiger partial charge in [0, 0.05) is 42.1 Å². The van der Waals surface area contributed by atoms with E-state index in [-0.39, 0.29) is 6.03 Å². The van der Waals surface area contributed by atoms with E-state index in [4.69, 9.17) is 0 Å². The Hall–Kier alpha value is -3.09. The van der Waals surface area contributed by atoms with Crippen molar-refractivity contribution >= 4 is 11.7 Å². The van der Waals surface area contributed by atoms with Gasteiger partial charge in [0.15, 0.2) is 0 Å². The lowest BCUT2D eigenvalue weighted by atomic mass is 10.2. The fourth-order valence-corrected chi connectivity index (χ4v) is 2.40. The van der Waals surface area contributed by atoms with Gasteiger partial charge in [0.2, 0.25) is 0 Å². The summed E-state index contributed by atoms with van der Waals surface area (Å²) in [6.07, 6.45) is 5.41. The highest BCUT2D eigenvalue weighted by Gasteiger charge is 2.06. The maximum atomic E-state index is 12.0. The quantitative estimate of drug-likeness (QED) is 0.674. The first-order valence-electron chi connectivity index (χ1n) is 7.82. The molecule has 0 unspecified atom stereocenters. The molecule has 0 atom stereocenters. The number of aromatic amines is 1. The lowest BCUT2D eigenvalue weighted by Crippen LogP contribution is -2.29. The summed E-state index contributed by atoms with van der Waals surface area (Å²) in [6, 6.07) is 7.26. The minimum Gasteiger partial charge on any atom is -0.342 e. The molecular formula is C17H20N6O. The van der Waals surface area contributed by atoms with Crippen LogP contribution in [0.2, 0.25) is 0 Å². The highest BCUT2D eigenvalue weighted by Crippen LogP contribution is 2.18. The number of carbonyl (C=O) groups is 1. The third kappa shape index (κ3) is 3.62. The van der Waals surface area contributed by atoms with E-state index in [1.165, 1.54) is 0 Å². The molecule has 3 rings (SSSR count). The molecule has 0 aliphatic heterocycles. The van der Waals surface area contributed by atoms with Crippen molar-refractivity contribution in [2.75, 3.05) is 5.32 Å². The first-order chi connectivity index (χ1) is 11.7. The van der Waals surface area contributed by atoms with Crippen LogP contribution in [0.25, 0.3) is 11.4 Å². The summed E-state index contributed by atoms with van der Waals surface area (Å²) in [5, 5.41) is 5.61. The van der Waals surface area contributed by atoms with Crippen LogP contribution in [-0.4, -0.2) is 25.6 Å². The van der Waals surface area contributed by atoms with E-state index >= 15 is 0 Å². The van der Waals surface area contributed by atoms with E-state index < -0.39 is 0 Å². The molecular weight excluding hydrogens is 304 g/mol. The van der Waals surface area contributed by atoms with Gasteiger partial charge < -0.3 is 20.2 Å². The summed E-state index contributed by atoms with van der Waals surface area (Å²) < 4.78 is 1.99. The number of benzene rings is 1. The Morgan fingerprint density at radius 2 is 2.04 bits per heavy atom. The molecule has 2 amide bonds. The zero-order valence-corrected chi connectivity index (χ0v) is 13.7. The molecule has 124 valence electrons. The van der Waals surface area contributed by atoms with Crippen molar-refractivity contribution in [3.8, 4) is 11.4 Å². The van der Waals surface area contributed by atoms with Crippen LogP contribution in [0.4, 0.5) is 10.5 Å². The van der Waals surface area contributed by atoms with Crippen LogP contribution in [0.1, 0.15) is 18.4 Å². The zero-order valence-electron chi connectivity index (χ0n) is 13.7. The highest BCUT2D eigenvalue weighted by atomic mass is 16.2. The van der Waals surface area contributed by atoms with Crippen LogP contribution in [0.5, 0.6) is 0 Å². The lowest BCUT2D eigenvalue weighted by Gasteiger charge is -2.09. The van der Waals surface area contributed by atoms with Gasteiger partial charge in [-0.2, -0.15) is 0 Å². The summed E-state index contributed by atoms with van der Waals surface area (Å²) in [7, 11) is 0. The number of rotatable bonds is 5. The maximum Gasteiger partial charge on any atom is 0.319 e. The molecule has 2 aromatic heterocycles. The predicted octanol–water partition coefficient (Wildman–Crippen LogP) is 2.92. The van der Waals surface area contributed by atoms with E-state index in [1.807, 2.05) is 48.9 Å². The first-order valence-corrected chi connectivity index (χ1v) is 7.82. The normalized spacial score (nSPS) is 10.6. The molecule has 0 bridgehead atoms. The Morgan fingerprint density at radius 1 is 1.25 bits per heavy atom. The Morgan fingerprint density at radius 3 is 2.71 bits per heavy atom. The molecule has 1 aromatic carbocycles. The molecule has 24 heavy (non-hydrogen) atoms. The number of anilines is 1. The number of imidazole rings is 2. The van der Waals surface area contributed by atoms with Gasteiger partial charge in [-0.25, -0.2) is 14.8 Å². The molecule has 0 fully saturated rings. The van der Waals surface area contributed by atoms with Crippen LogP contribution >= 0.6 is 0 Å². The van der Waals surface area contributed by atoms with Crippen LogP contribution in [-0.2, 0) is 13.1 Å². The van der Waals surface area contributed by atoms with Crippen molar-refractivity contribution in [2.45, 2.75) is 26.9 Å². The molecule has 0 saturated heterocycles. The molecule has 3 aromatic rings. The number of hydrogen-bond donors (Lipinski definition) is 3. The van der Waals surface area contributed by atoms with E-state index in [0.717, 1.165) is 35.1 Å². The van der Waals surface area contributed by atoms with E-state index in [2.05, 4.69) is 25.6 Å². The lowest BCUT2D eigenvalue weighted by molar-refractivity contribution is 0.251. The van der Waals surface area contributed by atoms with Crippen molar-refractivity contribution in [2.24, 2.45) is 0 Å². The summed E-state index contributed by atoms with van der Waals surface area (Å²) in [5.74, 6) is 1.64. The average Bonchev–Trinajstić information content (AvgIpc) is 3.22. The molecule has 7 heteroatoms. The minimum absolute atomic E-state index is 0.262. The van der Waals surface area contributed by atoms with Gasteiger partial charge in [0.05, 0.1) is 6.54 Å². The predicted molar refractivity (Wildman–Crippen MR) is 92.5 cm³/mol. The smallest absolute Gasteiger partial charge is 0.319 e. The third-order valence-electron chi connectivity index (χ3n) is 3.67. The number of aromatic nitrogens is 4. The summed E-state index contributed by atoms with van der Waals surface area (Å²) >= 11 is 0. The molecule has 0 saturated carbocycles. The molecule has 7 nitrogen and oxygen atoms in total. The second kappa shape index (κ2) is 6.99. The van der Waals surface area contributed by atoms with Crippen LogP contribution in [0.15, 0.2) is 42.9 Å². The number of hydrogen-bond acceptors (Lipinski definition) is 3. The largest absolute Gasteiger partial charge is 0.342 e. The third-order valence-corrected chi connectivity index (χ3v) is 3.67. The zero-order chi connectivity index (χ0) is 16.9. The van der Waals surface area contributed by atoms with Gasteiger partial charge in [0.1, 0.15) is 11.6 Å². The van der Waals surface area contributed by atoms with Gasteiger partial charge in [0.25, 0.3) is 0 Å². The van der Waals surface area contributed by atoms with E-state index in [9.17, 15) is 4.79 Å². The molecule has 0 aliphatic rings. The van der Waals surface area contributed by atoms with Crippen molar-refractivity contribution in [1.82, 2.24) is 24.8 Å². The number of urea groups is 1. The fraction of sp³-hybridized carbons (Fsp3) is 0.235. The second-order valence-electron chi connectivity index (χ2n) is 5.43. The standard InChI is InChI=1S/C17H20N6O/c1-3-23-9-8-18-15(23)11-20-17(24)22-14-6-4-13(5-7-14)16-19-10-12(2)21-16/h4-10H,3,11H2,1-2H3,(H,19,21)(H2,20,22,24). The summed E-state index contributed by atoms with van der Waals surface area (Å²) in [4.78, 5) is 23.7. The average molecular weight is 324 g/mol. The SMILES string of the molecule is CCn1ccnc1CNC(=O)Nc1ccc(-c2ncc(C)[nH]2)cc1. The van der Waals surface area contributed by atoms with Crippen molar-refractivity contribution < 1.29 is 4.79 Å². The van der Waals surface area contributed by atoms with Crippen LogP contribution < -0.4 is 10.6 Å². The van der Waals surface area contributed by atoms with Gasteiger partial charge in [-0.1, -0.05) is 0 Å². The number of H-pyrrole nitrogens is 1. The van der Waals surface area contributed by atoms with Crippen molar-refractivity contribution in [3.63, 3.8) is 0 Å². The number of nitrogens with one attached hydrogen (secondary N) is 3. The fourth-order valence-electron chi connectivity index (χ4n) is 2.40. The molecule has 2 heterocycles. The number of aryl methyl sites for hydroxylation is 2. The Balaban J connectivity index is 1.56. The number of nitrogens with zero attached hydrogens (tertiary/aromatic N) is 3. The minimum atomic E-state index is -0.262. The molecule has 0 spiro atoms. The van der Waals surface area contributed by atoms with Gasteiger partial charge in [-0.05, 0) is 38.1 Å².